The van der Waals surface area contributed by atoms with Crippen LogP contribution in [0.5, 0.6) is 0 Å². The van der Waals surface area contributed by atoms with E-state index in [1.807, 2.05) is 19.9 Å². The van der Waals surface area contributed by atoms with Crippen LogP contribution in [-0.4, -0.2) is 18.0 Å². The molecule has 3 N–H and O–H groups in total. The Morgan fingerprint density at radius 3 is 2.52 bits per heavy atom. The Bertz CT molecular complexity index is 572. The fourth-order valence-corrected chi connectivity index (χ4v) is 4.36. The van der Waals surface area contributed by atoms with E-state index in [-0.39, 0.29) is 23.8 Å². The molecule has 0 heterocycles. The minimum Gasteiger partial charge on any atom is -0.352 e. The number of hydrogen-bond donors (Lipinski definition) is 2. The molecule has 1 aromatic carbocycles. The van der Waals surface area contributed by atoms with Crippen molar-refractivity contribution in [3.05, 3.63) is 35.6 Å². The van der Waals surface area contributed by atoms with E-state index in [9.17, 15) is 9.18 Å². The van der Waals surface area contributed by atoms with Gasteiger partial charge in [0.1, 0.15) is 5.82 Å². The van der Waals surface area contributed by atoms with Gasteiger partial charge >= 0.3 is 0 Å². The van der Waals surface area contributed by atoms with Gasteiger partial charge in [0.15, 0.2) is 0 Å². The number of rotatable bonds is 3. The first kappa shape index (κ1) is 16.4. The Hall–Kier alpha value is -1.42. The predicted molar refractivity (Wildman–Crippen MR) is 89.4 cm³/mol. The van der Waals surface area contributed by atoms with Gasteiger partial charge in [-0.25, -0.2) is 4.39 Å². The minimum absolute atomic E-state index is 0.0135. The summed E-state index contributed by atoms with van der Waals surface area (Å²) in [5.41, 5.74) is 6.13. The zero-order valence-electron chi connectivity index (χ0n) is 14.0. The quantitative estimate of drug-likeness (QED) is 0.899. The van der Waals surface area contributed by atoms with E-state index in [1.165, 1.54) is 18.6 Å². The summed E-state index contributed by atoms with van der Waals surface area (Å²) in [6, 6.07) is 6.84. The lowest BCUT2D eigenvalue weighted by Crippen LogP contribution is -2.56. The molecular weight excluding hydrogens is 291 g/mol. The van der Waals surface area contributed by atoms with E-state index in [4.69, 9.17) is 5.73 Å². The summed E-state index contributed by atoms with van der Waals surface area (Å²) in [5.74, 6) is 0.666. The maximum atomic E-state index is 13.5. The second-order valence-corrected chi connectivity index (χ2v) is 7.82. The molecule has 2 bridgehead atoms. The van der Waals surface area contributed by atoms with Gasteiger partial charge in [0.25, 0.3) is 0 Å². The molecule has 0 aromatic heterocycles. The second kappa shape index (κ2) is 6.23. The van der Waals surface area contributed by atoms with Gasteiger partial charge in [-0.2, -0.15) is 0 Å². The van der Waals surface area contributed by atoms with Crippen molar-refractivity contribution in [2.24, 2.45) is 17.6 Å². The molecule has 2 saturated carbocycles. The van der Waals surface area contributed by atoms with Gasteiger partial charge in [-0.05, 0) is 69.1 Å². The van der Waals surface area contributed by atoms with Gasteiger partial charge in [-0.1, -0.05) is 18.6 Å². The van der Waals surface area contributed by atoms with Crippen molar-refractivity contribution in [1.82, 2.24) is 5.32 Å². The van der Waals surface area contributed by atoms with Crippen LogP contribution in [0.2, 0.25) is 0 Å². The van der Waals surface area contributed by atoms with Gasteiger partial charge in [-0.3, -0.25) is 4.79 Å². The smallest absolute Gasteiger partial charge is 0.230 e. The van der Waals surface area contributed by atoms with E-state index < -0.39 is 5.41 Å². The summed E-state index contributed by atoms with van der Waals surface area (Å²) in [4.78, 5) is 12.9. The second-order valence-electron chi connectivity index (χ2n) is 7.82. The summed E-state index contributed by atoms with van der Waals surface area (Å²) < 4.78 is 13.5. The zero-order chi connectivity index (χ0) is 16.6. The lowest BCUT2D eigenvalue weighted by Gasteiger charge is -2.46. The van der Waals surface area contributed by atoms with Crippen molar-refractivity contribution in [2.75, 3.05) is 0 Å². The van der Waals surface area contributed by atoms with Crippen LogP contribution in [0.4, 0.5) is 4.39 Å². The number of fused-ring (bicyclic) bond motifs is 2. The molecule has 23 heavy (non-hydrogen) atoms. The van der Waals surface area contributed by atoms with Crippen LogP contribution in [0.1, 0.15) is 51.5 Å². The average Bonchev–Trinajstić information content (AvgIpc) is 2.48. The standard InChI is InChI=1S/C19H27FN2O/c1-19(2,14-7-4-8-15(20)11-14)18(23)22-17-12-5-3-6-13(17)10-16(21)9-12/h4,7-8,11-13,16-17H,3,5-6,9-10,21H2,1-2H3,(H,22,23). The van der Waals surface area contributed by atoms with Gasteiger partial charge in [0, 0.05) is 12.1 Å². The Balaban J connectivity index is 1.75. The van der Waals surface area contributed by atoms with E-state index in [0.717, 1.165) is 25.7 Å². The predicted octanol–water partition coefficient (Wildman–Crippen LogP) is 3.13. The molecule has 1 amide bonds. The third-order valence-electron chi connectivity index (χ3n) is 5.79. The molecule has 3 nitrogen and oxygen atoms in total. The van der Waals surface area contributed by atoms with Crippen LogP contribution in [0.15, 0.2) is 24.3 Å². The first-order valence-electron chi connectivity index (χ1n) is 8.70. The van der Waals surface area contributed by atoms with Gasteiger partial charge in [0.05, 0.1) is 5.41 Å². The van der Waals surface area contributed by atoms with Crippen LogP contribution in [0, 0.1) is 17.7 Å². The maximum Gasteiger partial charge on any atom is 0.230 e. The number of nitrogens with two attached hydrogens (primary N) is 1. The first-order chi connectivity index (χ1) is 10.9. The molecule has 126 valence electrons. The van der Waals surface area contributed by atoms with Crippen molar-refractivity contribution in [3.8, 4) is 0 Å². The summed E-state index contributed by atoms with van der Waals surface area (Å²) in [5, 5.41) is 3.28. The number of halogens is 1. The zero-order valence-corrected chi connectivity index (χ0v) is 14.0. The highest BCUT2D eigenvalue weighted by Crippen LogP contribution is 2.40. The Morgan fingerprint density at radius 2 is 1.91 bits per heavy atom. The molecule has 0 spiro atoms. The Morgan fingerprint density at radius 1 is 1.26 bits per heavy atom. The lowest BCUT2D eigenvalue weighted by molar-refractivity contribution is -0.128. The largest absolute Gasteiger partial charge is 0.352 e. The third-order valence-corrected chi connectivity index (χ3v) is 5.79. The third kappa shape index (κ3) is 3.27. The molecule has 0 aliphatic heterocycles. The van der Waals surface area contributed by atoms with Crippen molar-refractivity contribution in [3.63, 3.8) is 0 Å². The number of carbonyl (C=O) groups is 1. The molecule has 2 atom stereocenters. The van der Waals surface area contributed by atoms with E-state index in [1.54, 1.807) is 6.07 Å². The van der Waals surface area contributed by atoms with Crippen LogP contribution in [0.3, 0.4) is 0 Å². The van der Waals surface area contributed by atoms with Crippen LogP contribution < -0.4 is 11.1 Å². The highest BCUT2D eigenvalue weighted by atomic mass is 19.1. The molecule has 2 aliphatic rings. The van der Waals surface area contributed by atoms with Gasteiger partial charge in [0.2, 0.25) is 5.91 Å². The average molecular weight is 318 g/mol. The van der Waals surface area contributed by atoms with Crippen LogP contribution in [-0.2, 0) is 10.2 Å². The lowest BCUT2D eigenvalue weighted by atomic mass is 9.66. The number of benzene rings is 1. The number of hydrogen-bond acceptors (Lipinski definition) is 2. The summed E-state index contributed by atoms with van der Waals surface area (Å²) in [7, 11) is 0. The molecule has 2 unspecified atom stereocenters. The highest BCUT2D eigenvalue weighted by molar-refractivity contribution is 5.87. The van der Waals surface area contributed by atoms with Crippen molar-refractivity contribution in [1.29, 1.82) is 0 Å². The summed E-state index contributed by atoms with van der Waals surface area (Å²) in [6.45, 7) is 3.73. The Labute approximate surface area is 137 Å². The molecule has 4 heteroatoms. The molecule has 0 radical (unpaired) electrons. The number of carbonyl (C=O) groups excluding carboxylic acids is 1. The first-order valence-corrected chi connectivity index (χ1v) is 8.70. The van der Waals surface area contributed by atoms with Crippen molar-refractivity contribution < 1.29 is 9.18 Å². The fourth-order valence-electron chi connectivity index (χ4n) is 4.36. The fraction of sp³-hybridized carbons (Fsp3) is 0.632. The van der Waals surface area contributed by atoms with Crippen LogP contribution in [0.25, 0.3) is 0 Å². The summed E-state index contributed by atoms with van der Waals surface area (Å²) in [6.07, 6.45) is 5.54. The molecular formula is C19H27FN2O. The molecule has 1 aromatic rings. The molecule has 2 fully saturated rings. The maximum absolute atomic E-state index is 13.5. The monoisotopic (exact) mass is 318 g/mol. The topological polar surface area (TPSA) is 55.1 Å². The number of nitrogens with one attached hydrogen (secondary N) is 1. The SMILES string of the molecule is CC(C)(C(=O)NC1C2CCCC1CC(N)C2)c1cccc(F)c1. The van der Waals surface area contributed by atoms with Crippen molar-refractivity contribution in [2.45, 2.75) is 63.5 Å². The number of amides is 1. The van der Waals surface area contributed by atoms with Crippen molar-refractivity contribution >= 4 is 5.91 Å². The molecule has 0 saturated heterocycles. The minimum atomic E-state index is -0.740. The normalized spacial score (nSPS) is 30.8. The van der Waals surface area contributed by atoms with Gasteiger partial charge < -0.3 is 11.1 Å². The highest BCUT2D eigenvalue weighted by Gasteiger charge is 2.42. The Kier molecular flexibility index (Phi) is 4.45. The van der Waals surface area contributed by atoms with E-state index in [2.05, 4.69) is 5.32 Å². The van der Waals surface area contributed by atoms with E-state index >= 15 is 0 Å². The van der Waals surface area contributed by atoms with Gasteiger partial charge in [-0.15, -0.1) is 0 Å². The molecule has 2 aliphatic carbocycles. The summed E-state index contributed by atoms with van der Waals surface area (Å²) >= 11 is 0. The van der Waals surface area contributed by atoms with E-state index in [0.29, 0.717) is 17.4 Å². The molecule has 3 rings (SSSR count). The van der Waals surface area contributed by atoms with Crippen LogP contribution >= 0.6 is 0 Å².